The van der Waals surface area contributed by atoms with Crippen molar-refractivity contribution in [3.8, 4) is 22.3 Å². The van der Waals surface area contributed by atoms with Crippen molar-refractivity contribution in [2.24, 2.45) is 7.05 Å². The summed E-state index contributed by atoms with van der Waals surface area (Å²) in [4.78, 5) is 22.1. The number of hydrogen-bond acceptors (Lipinski definition) is 4. The van der Waals surface area contributed by atoms with Gasteiger partial charge in [0.25, 0.3) is 5.91 Å². The third-order valence-corrected chi connectivity index (χ3v) is 9.02. The Balaban J connectivity index is 1.26. The lowest BCUT2D eigenvalue weighted by Gasteiger charge is -2.34. The van der Waals surface area contributed by atoms with E-state index in [4.69, 9.17) is 34.8 Å². The van der Waals surface area contributed by atoms with Crippen LogP contribution >= 0.6 is 34.8 Å². The van der Waals surface area contributed by atoms with Gasteiger partial charge in [-0.1, -0.05) is 77.3 Å². The number of carbonyl (C=O) groups excluding carboxylic acids is 1. The number of fused-ring (bicyclic) bond motifs is 1. The second kappa shape index (κ2) is 11.4. The van der Waals surface area contributed by atoms with Gasteiger partial charge in [-0.2, -0.15) is 0 Å². The van der Waals surface area contributed by atoms with Crippen molar-refractivity contribution < 1.29 is 9.18 Å². The normalized spacial score (nSPS) is 16.0. The fourth-order valence-corrected chi connectivity index (χ4v) is 6.41. The molecule has 1 saturated heterocycles. The second-order valence-electron chi connectivity index (χ2n) is 10.8. The van der Waals surface area contributed by atoms with Crippen LogP contribution in [0.25, 0.3) is 22.3 Å². The van der Waals surface area contributed by atoms with Gasteiger partial charge in [0.05, 0.1) is 21.4 Å². The largest absolute Gasteiger partial charge is 0.327 e. The lowest BCUT2D eigenvalue weighted by Crippen LogP contribution is -2.47. The van der Waals surface area contributed by atoms with Crippen molar-refractivity contribution in [3.05, 3.63) is 92.4 Å². The lowest BCUT2D eigenvalue weighted by molar-refractivity contribution is 0.0591. The van der Waals surface area contributed by atoms with E-state index in [9.17, 15) is 9.18 Å². The average molecular weight is 613 g/mol. The van der Waals surface area contributed by atoms with Gasteiger partial charge in [-0.3, -0.25) is 9.69 Å². The smallest absolute Gasteiger partial charge is 0.291 e. The van der Waals surface area contributed by atoms with E-state index in [1.54, 1.807) is 6.07 Å². The number of nitrogens with zero attached hydrogens (tertiary/aromatic N) is 4. The molecule has 6 nitrogen and oxygen atoms in total. The Labute approximate surface area is 253 Å². The molecule has 41 heavy (non-hydrogen) atoms. The Hall–Kier alpha value is -2.94. The molecular formula is C31H29Cl3FN5O. The fraction of sp³-hybridized carbons (Fsp3) is 0.290. The predicted molar refractivity (Wildman–Crippen MR) is 164 cm³/mol. The molecule has 0 spiro atoms. The van der Waals surface area contributed by atoms with Crippen molar-refractivity contribution >= 4 is 46.4 Å². The molecule has 1 fully saturated rings. The Morgan fingerprint density at radius 1 is 1.00 bits per heavy atom. The predicted octanol–water partition coefficient (Wildman–Crippen LogP) is 7.11. The molecule has 3 heterocycles. The van der Waals surface area contributed by atoms with Crippen LogP contribution in [-0.4, -0.2) is 58.1 Å². The van der Waals surface area contributed by atoms with Gasteiger partial charge in [0.15, 0.2) is 5.82 Å². The van der Waals surface area contributed by atoms with Crippen LogP contribution in [0.2, 0.25) is 15.1 Å². The van der Waals surface area contributed by atoms with Crippen LogP contribution in [0, 0.1) is 0 Å². The molecule has 212 valence electrons. The number of amides is 1. The Morgan fingerprint density at radius 3 is 2.44 bits per heavy atom. The van der Waals surface area contributed by atoms with Crippen molar-refractivity contribution in [2.45, 2.75) is 25.7 Å². The fourth-order valence-electron chi connectivity index (χ4n) is 5.56. The highest BCUT2D eigenvalue weighted by atomic mass is 35.5. The van der Waals surface area contributed by atoms with Crippen molar-refractivity contribution in [1.29, 1.82) is 0 Å². The number of rotatable bonds is 6. The van der Waals surface area contributed by atoms with Crippen LogP contribution in [0.4, 0.5) is 10.1 Å². The number of benzene rings is 3. The molecule has 6 rings (SSSR count). The first-order chi connectivity index (χ1) is 19.7. The molecule has 1 aromatic heterocycles. The molecule has 4 aromatic rings. The number of halogens is 4. The minimum atomic E-state index is -0.754. The van der Waals surface area contributed by atoms with Crippen LogP contribution in [0.15, 0.2) is 54.6 Å². The highest BCUT2D eigenvalue weighted by molar-refractivity contribution is 6.39. The molecule has 2 aliphatic heterocycles. The second-order valence-corrected chi connectivity index (χ2v) is 11.9. The zero-order chi connectivity index (χ0) is 28.8. The maximum absolute atomic E-state index is 13.3. The summed E-state index contributed by atoms with van der Waals surface area (Å²) in [5.41, 5.74) is 6.52. The van der Waals surface area contributed by atoms with Gasteiger partial charge < -0.3 is 14.8 Å². The first-order valence-electron chi connectivity index (χ1n) is 13.5. The van der Waals surface area contributed by atoms with Crippen molar-refractivity contribution in [2.75, 3.05) is 32.0 Å². The van der Waals surface area contributed by atoms with E-state index < -0.39 is 6.17 Å². The number of likely N-dealkylation sites (N-methyl/N-ethyl adjacent to an activating group) is 1. The van der Waals surface area contributed by atoms with Crippen molar-refractivity contribution in [1.82, 2.24) is 19.4 Å². The SMILES string of the molecule is CN1CCc2c(nc(C(=O)Nc3cccc(-c4cccc(-c5ccc(CN6CC(F)C6)c(Cl)c5)c4Cl)c3Cl)n2C)C1. The molecule has 0 saturated carbocycles. The number of aromatic nitrogens is 2. The quantitative estimate of drug-likeness (QED) is 0.252. The monoisotopic (exact) mass is 611 g/mol. The van der Waals surface area contributed by atoms with E-state index in [1.807, 2.05) is 72.1 Å². The number of nitrogens with one attached hydrogen (secondary N) is 1. The van der Waals surface area contributed by atoms with E-state index in [-0.39, 0.29) is 5.91 Å². The zero-order valence-corrected chi connectivity index (χ0v) is 25.0. The molecule has 1 N–H and O–H groups in total. The maximum Gasteiger partial charge on any atom is 0.291 e. The van der Waals surface area contributed by atoms with Gasteiger partial charge in [0.2, 0.25) is 0 Å². The van der Waals surface area contributed by atoms with Crippen LogP contribution in [-0.2, 0) is 26.6 Å². The maximum atomic E-state index is 13.3. The molecule has 0 bridgehead atoms. The number of imidazole rings is 1. The van der Waals surface area contributed by atoms with E-state index >= 15 is 0 Å². The summed E-state index contributed by atoms with van der Waals surface area (Å²) in [5.74, 6) is 0.0317. The molecule has 3 aromatic carbocycles. The Kier molecular flexibility index (Phi) is 7.83. The summed E-state index contributed by atoms with van der Waals surface area (Å²) >= 11 is 20.4. The topological polar surface area (TPSA) is 53.4 Å². The average Bonchev–Trinajstić information content (AvgIpc) is 3.25. The first kappa shape index (κ1) is 28.2. The van der Waals surface area contributed by atoms with E-state index in [1.165, 1.54) is 0 Å². The number of alkyl halides is 1. The zero-order valence-electron chi connectivity index (χ0n) is 22.7. The minimum Gasteiger partial charge on any atom is -0.327 e. The molecule has 0 atom stereocenters. The van der Waals surface area contributed by atoms with E-state index in [2.05, 4.69) is 15.2 Å². The van der Waals surface area contributed by atoms with E-state index in [0.717, 1.165) is 46.6 Å². The molecule has 2 aliphatic rings. The molecule has 10 heteroatoms. The third-order valence-electron chi connectivity index (χ3n) is 7.86. The summed E-state index contributed by atoms with van der Waals surface area (Å²) < 4.78 is 15.1. The first-order valence-corrected chi connectivity index (χ1v) is 14.6. The van der Waals surface area contributed by atoms with Gasteiger partial charge in [0.1, 0.15) is 6.17 Å². The summed E-state index contributed by atoms with van der Waals surface area (Å²) in [6, 6.07) is 17.0. The summed E-state index contributed by atoms with van der Waals surface area (Å²) in [6.07, 6.45) is 0.0928. The third kappa shape index (κ3) is 5.49. The molecule has 0 aliphatic carbocycles. The highest BCUT2D eigenvalue weighted by Gasteiger charge is 2.27. The molecule has 0 unspecified atom stereocenters. The minimum absolute atomic E-state index is 0.321. The molecule has 1 amide bonds. The highest BCUT2D eigenvalue weighted by Crippen LogP contribution is 2.42. The van der Waals surface area contributed by atoms with Gasteiger partial charge in [-0.15, -0.1) is 0 Å². The van der Waals surface area contributed by atoms with Crippen LogP contribution < -0.4 is 5.32 Å². The summed E-state index contributed by atoms with van der Waals surface area (Å²) in [5, 5.41) is 4.46. The standard InChI is InChI=1S/C31H29Cl3FN5O/c1-38-12-11-27-26(17-38)36-30(39(27)2)31(41)37-25-8-4-7-23(29(25)34)22-6-3-5-21(28(22)33)18-9-10-19(24(32)13-18)14-40-15-20(35)16-40/h3-10,13,20H,11-12,14-17H2,1-2H3,(H,37,41). The Bertz CT molecular complexity index is 1650. The Morgan fingerprint density at radius 2 is 1.71 bits per heavy atom. The number of likely N-dealkylation sites (tertiary alicyclic amines) is 1. The summed E-state index contributed by atoms with van der Waals surface area (Å²) in [7, 11) is 3.92. The van der Waals surface area contributed by atoms with Crippen molar-refractivity contribution in [3.63, 3.8) is 0 Å². The molecule has 0 radical (unpaired) electrons. The molecular weight excluding hydrogens is 584 g/mol. The lowest BCUT2D eigenvalue weighted by atomic mass is 9.97. The van der Waals surface area contributed by atoms with Crippen LogP contribution in [0.5, 0.6) is 0 Å². The van der Waals surface area contributed by atoms with Crippen LogP contribution in [0.3, 0.4) is 0 Å². The van der Waals surface area contributed by atoms with Crippen LogP contribution in [0.1, 0.15) is 27.6 Å². The summed E-state index contributed by atoms with van der Waals surface area (Å²) in [6.45, 7) is 3.13. The van der Waals surface area contributed by atoms with Gasteiger partial charge in [-0.25, -0.2) is 9.37 Å². The number of hydrogen-bond donors (Lipinski definition) is 1. The number of anilines is 1. The van der Waals surface area contributed by atoms with Gasteiger partial charge in [-0.05, 0) is 30.3 Å². The van der Waals surface area contributed by atoms with Gasteiger partial charge in [0, 0.05) is 73.6 Å². The van der Waals surface area contributed by atoms with E-state index in [0.29, 0.717) is 58.3 Å². The number of carbonyl (C=O) groups is 1. The van der Waals surface area contributed by atoms with Gasteiger partial charge >= 0.3 is 0 Å².